The molecule has 4 aromatic carbocycles. The first-order valence-electron chi connectivity index (χ1n) is 8.57. The first-order valence-corrected chi connectivity index (χ1v) is 11.0. The van der Waals surface area contributed by atoms with E-state index < -0.39 is 32.3 Å². The molecule has 0 aliphatic rings. The van der Waals surface area contributed by atoms with Crippen LogP contribution in [0.2, 0.25) is 0 Å². The summed E-state index contributed by atoms with van der Waals surface area (Å²) in [6.45, 7) is 4.94. The first-order chi connectivity index (χ1) is 14.5. The van der Waals surface area contributed by atoms with Crippen molar-refractivity contribution in [2.24, 2.45) is 0 Å². The van der Waals surface area contributed by atoms with E-state index >= 15 is 0 Å². The molecule has 0 bridgehead atoms. The summed E-state index contributed by atoms with van der Waals surface area (Å²) in [5.74, 6) is -1.44. The van der Waals surface area contributed by atoms with Gasteiger partial charge in [0.15, 0.2) is 0 Å². The molecular weight excluding hydrogens is 448 g/mol. The molecule has 4 aromatic rings. The number of hydrogen-bond donors (Lipinski definition) is 1. The molecule has 9 nitrogen and oxygen atoms in total. The molecule has 0 aliphatic heterocycles. The Kier molecular flexibility index (Phi) is 4.85. The molecule has 4 rings (SSSR count). The van der Waals surface area contributed by atoms with Gasteiger partial charge >= 0.3 is 5.97 Å². The molecule has 0 saturated carbocycles. The summed E-state index contributed by atoms with van der Waals surface area (Å²) in [5, 5.41) is 11.6. The quantitative estimate of drug-likeness (QED) is 0.118. The lowest BCUT2D eigenvalue weighted by Gasteiger charge is -2.20. The lowest BCUT2D eigenvalue weighted by atomic mass is 9.93. The van der Waals surface area contributed by atoms with Gasteiger partial charge in [-0.1, -0.05) is 12.6 Å². The summed E-state index contributed by atoms with van der Waals surface area (Å²) in [5.41, 5.74) is 0.110. The number of phenols is 1. The monoisotopic (exact) mass is 460 g/mol. The van der Waals surface area contributed by atoms with Gasteiger partial charge in [0.2, 0.25) is 0 Å². The molecule has 1 N–H and O–H groups in total. The number of benzene rings is 4. The average Bonchev–Trinajstić information content (AvgIpc) is 2.67. The predicted molar refractivity (Wildman–Crippen MR) is 110 cm³/mol. The normalized spacial score (nSPS) is 13.0. The van der Waals surface area contributed by atoms with Crippen molar-refractivity contribution in [1.29, 1.82) is 0 Å². The second-order valence-corrected chi connectivity index (χ2v) is 8.67. The van der Waals surface area contributed by atoms with Gasteiger partial charge in [-0.3, -0.25) is 0 Å². The Morgan fingerprint density at radius 2 is 1.58 bits per heavy atom. The minimum Gasteiger partial charge on any atom is -0.744 e. The Balaban J connectivity index is 2.21. The predicted octanol–water partition coefficient (Wildman–Crippen LogP) is 2.85. The molecule has 0 radical (unpaired) electrons. The Morgan fingerprint density at radius 1 is 1.03 bits per heavy atom. The molecule has 0 fully saturated rings. The zero-order chi connectivity index (χ0) is 22.7. The third-order valence-corrected chi connectivity index (χ3v) is 5.93. The summed E-state index contributed by atoms with van der Waals surface area (Å²) in [6, 6.07) is 7.72. The van der Waals surface area contributed by atoms with Crippen LogP contribution >= 0.6 is 0 Å². The van der Waals surface area contributed by atoms with Crippen LogP contribution in [0.4, 0.5) is 0 Å². The highest BCUT2D eigenvalue weighted by Gasteiger charge is 2.22. The summed E-state index contributed by atoms with van der Waals surface area (Å²) in [4.78, 5) is 11.3. The summed E-state index contributed by atoms with van der Waals surface area (Å²) < 4.78 is 67.9. The van der Waals surface area contributed by atoms with Gasteiger partial charge < -0.3 is 23.1 Å². The number of rotatable bonds is 5. The molecule has 0 heterocycles. The number of aromatic hydroxyl groups is 1. The molecule has 0 aliphatic carbocycles. The Morgan fingerprint density at radius 3 is 2.16 bits per heavy atom. The zero-order valence-corrected chi connectivity index (χ0v) is 17.3. The van der Waals surface area contributed by atoms with Crippen LogP contribution in [-0.2, 0) is 26.3 Å². The third-order valence-electron chi connectivity index (χ3n) is 4.74. The van der Waals surface area contributed by atoms with E-state index in [9.17, 15) is 31.6 Å². The molecule has 0 aromatic heterocycles. The van der Waals surface area contributed by atoms with Crippen molar-refractivity contribution >= 4 is 59.8 Å². The van der Waals surface area contributed by atoms with Crippen molar-refractivity contribution in [3.8, 4) is 17.2 Å². The van der Waals surface area contributed by atoms with Crippen LogP contribution in [0.15, 0.2) is 53.4 Å². The fourth-order valence-electron chi connectivity index (χ4n) is 3.50. The number of esters is 1. The number of ether oxygens (including phenoxy) is 1. The fourth-order valence-corrected chi connectivity index (χ4v) is 4.48. The number of carbonyl (C=O) groups excluding carboxylic acids is 1. The van der Waals surface area contributed by atoms with Crippen molar-refractivity contribution in [2.75, 3.05) is 0 Å². The first kappa shape index (κ1) is 21.0. The molecule has 31 heavy (non-hydrogen) atoms. The number of hydrogen-bond acceptors (Lipinski definition) is 9. The van der Waals surface area contributed by atoms with E-state index in [0.717, 1.165) is 6.07 Å². The SMILES string of the molecule is C=C(C)C(=O)Oc1cc(O)c2ccc3c(OS(=O)[O-])cc(S(=O)(=O)[O-])c4ccc1c2c34. The second kappa shape index (κ2) is 7.17. The summed E-state index contributed by atoms with van der Waals surface area (Å²) >= 11 is -3.05. The van der Waals surface area contributed by atoms with Crippen molar-refractivity contribution in [1.82, 2.24) is 0 Å². The van der Waals surface area contributed by atoms with E-state index in [2.05, 4.69) is 6.58 Å². The van der Waals surface area contributed by atoms with E-state index in [0.29, 0.717) is 5.39 Å². The maximum Gasteiger partial charge on any atom is 0.338 e. The lowest BCUT2D eigenvalue weighted by molar-refractivity contribution is -0.129. The Hall–Kier alpha value is -3.25. The van der Waals surface area contributed by atoms with E-state index in [4.69, 9.17) is 8.92 Å². The van der Waals surface area contributed by atoms with E-state index in [-0.39, 0.29) is 49.8 Å². The van der Waals surface area contributed by atoms with Crippen molar-refractivity contribution in [3.05, 3.63) is 48.6 Å². The van der Waals surface area contributed by atoms with Gasteiger partial charge in [0, 0.05) is 50.0 Å². The van der Waals surface area contributed by atoms with Gasteiger partial charge in [-0.05, 0) is 25.1 Å². The number of phenolic OH excluding ortho intramolecular Hbond substituents is 1. The van der Waals surface area contributed by atoms with Crippen LogP contribution in [0.25, 0.3) is 32.3 Å². The maximum atomic E-state index is 12.0. The standard InChI is InChI=1S/C20H14O9S2/c1-9(2)20(22)28-15-7-14(21)10-3-4-12-16(29-30(23)24)8-17(31(25,26)27)13-6-5-11(15)18(10)19(12)13/h3-8,21H,1H2,2H3,(H,23,24)(H,25,26,27)/p-2. The van der Waals surface area contributed by atoms with E-state index in [1.807, 2.05) is 0 Å². The summed E-state index contributed by atoms with van der Waals surface area (Å²) in [6.07, 6.45) is 0. The van der Waals surface area contributed by atoms with Crippen LogP contribution in [0.5, 0.6) is 17.2 Å². The molecular formula is C20H12O9S2-2. The molecule has 0 amide bonds. The van der Waals surface area contributed by atoms with Gasteiger partial charge in [-0.15, -0.1) is 0 Å². The van der Waals surface area contributed by atoms with Crippen LogP contribution in [0, 0.1) is 0 Å². The number of carbonyl (C=O) groups is 1. The van der Waals surface area contributed by atoms with Crippen molar-refractivity contribution in [2.45, 2.75) is 11.8 Å². The maximum absolute atomic E-state index is 12.0. The van der Waals surface area contributed by atoms with Gasteiger partial charge in [0.05, 0.1) is 4.90 Å². The fraction of sp³-hybridized carbons (Fsp3) is 0.0500. The van der Waals surface area contributed by atoms with Crippen LogP contribution in [0.1, 0.15) is 6.92 Å². The Bertz CT molecular complexity index is 1540. The molecule has 1 unspecified atom stereocenters. The van der Waals surface area contributed by atoms with Gasteiger partial charge in [-0.25, -0.2) is 17.4 Å². The smallest absolute Gasteiger partial charge is 0.338 e. The summed E-state index contributed by atoms with van der Waals surface area (Å²) in [7, 11) is -5.03. The van der Waals surface area contributed by atoms with Crippen molar-refractivity contribution < 1.29 is 40.6 Å². The third kappa shape index (κ3) is 3.47. The topological polar surface area (TPSA) is 153 Å². The minimum atomic E-state index is -5.03. The van der Waals surface area contributed by atoms with Gasteiger partial charge in [0.1, 0.15) is 38.7 Å². The lowest BCUT2D eigenvalue weighted by Crippen LogP contribution is -2.09. The van der Waals surface area contributed by atoms with E-state index in [1.54, 1.807) is 0 Å². The highest BCUT2D eigenvalue weighted by molar-refractivity contribution is 7.86. The second-order valence-electron chi connectivity index (χ2n) is 6.75. The zero-order valence-electron chi connectivity index (χ0n) is 15.7. The largest absolute Gasteiger partial charge is 0.744 e. The highest BCUT2D eigenvalue weighted by Crippen LogP contribution is 2.46. The molecule has 160 valence electrons. The minimum absolute atomic E-state index is 0.00471. The molecule has 1 atom stereocenters. The van der Waals surface area contributed by atoms with E-state index in [1.165, 1.54) is 37.3 Å². The van der Waals surface area contributed by atoms with Crippen LogP contribution < -0.4 is 8.92 Å². The average molecular weight is 460 g/mol. The van der Waals surface area contributed by atoms with Gasteiger partial charge in [-0.2, -0.15) is 0 Å². The molecule has 0 saturated heterocycles. The molecule has 11 heteroatoms. The Labute approximate surface area is 178 Å². The van der Waals surface area contributed by atoms with Gasteiger partial charge in [0.25, 0.3) is 0 Å². The van der Waals surface area contributed by atoms with Crippen molar-refractivity contribution in [3.63, 3.8) is 0 Å². The van der Waals surface area contributed by atoms with Crippen LogP contribution in [0.3, 0.4) is 0 Å². The highest BCUT2D eigenvalue weighted by atomic mass is 32.2. The molecule has 0 spiro atoms. The van der Waals surface area contributed by atoms with Crippen LogP contribution in [-0.4, -0.2) is 32.8 Å².